The summed E-state index contributed by atoms with van der Waals surface area (Å²) < 4.78 is 6.12. The van der Waals surface area contributed by atoms with Crippen LogP contribution in [0.1, 0.15) is 17.2 Å². The Morgan fingerprint density at radius 1 is 0.852 bits per heavy atom. The molecule has 0 atom stereocenters. The summed E-state index contributed by atoms with van der Waals surface area (Å²) in [5, 5.41) is 2.70. The zero-order valence-corrected chi connectivity index (χ0v) is 15.0. The number of nitrogens with zero attached hydrogens (tertiary/aromatic N) is 1. The lowest BCUT2D eigenvalue weighted by atomic mass is 9.94. The number of anilines is 1. The second-order valence-electron chi connectivity index (χ2n) is 6.68. The van der Waals surface area contributed by atoms with Crippen molar-refractivity contribution in [3.8, 4) is 5.75 Å². The number of ether oxygens (including phenoxy) is 1. The molecule has 27 heavy (non-hydrogen) atoms. The number of amides is 1. The quantitative estimate of drug-likeness (QED) is 0.646. The molecule has 1 N–H and O–H groups in total. The summed E-state index contributed by atoms with van der Waals surface area (Å²) >= 11 is 0. The molecule has 136 valence electrons. The fourth-order valence-corrected chi connectivity index (χ4v) is 3.57. The van der Waals surface area contributed by atoms with E-state index in [0.717, 1.165) is 13.1 Å². The van der Waals surface area contributed by atoms with E-state index in [1.807, 2.05) is 36.4 Å². The topological polar surface area (TPSA) is 41.6 Å². The lowest BCUT2D eigenvalue weighted by Crippen LogP contribution is -2.55. The lowest BCUT2D eigenvalue weighted by molar-refractivity contribution is -0.105. The van der Waals surface area contributed by atoms with Gasteiger partial charge < -0.3 is 10.1 Å². The molecule has 3 aromatic rings. The fourth-order valence-electron chi connectivity index (χ4n) is 3.57. The molecular formula is C23H22N2O2. The van der Waals surface area contributed by atoms with Crippen LogP contribution in [0.25, 0.3) is 0 Å². The monoisotopic (exact) mass is 358 g/mol. The number of carbonyl (C=O) groups is 1. The van der Waals surface area contributed by atoms with Gasteiger partial charge in [-0.3, -0.25) is 9.69 Å². The number of nitrogens with one attached hydrogen (secondary N) is 1. The minimum absolute atomic E-state index is 0.106. The van der Waals surface area contributed by atoms with Crippen LogP contribution < -0.4 is 10.1 Å². The third-order valence-electron chi connectivity index (χ3n) is 4.87. The van der Waals surface area contributed by atoms with Crippen LogP contribution in [0.15, 0.2) is 84.9 Å². The average molecular weight is 358 g/mol. The molecule has 0 bridgehead atoms. The minimum atomic E-state index is 0.106. The van der Waals surface area contributed by atoms with E-state index in [0.29, 0.717) is 17.8 Å². The molecule has 4 heteroatoms. The number of hydrogen-bond acceptors (Lipinski definition) is 3. The summed E-state index contributed by atoms with van der Waals surface area (Å²) in [4.78, 5) is 13.2. The maximum absolute atomic E-state index is 10.8. The predicted octanol–water partition coefficient (Wildman–Crippen LogP) is 4.11. The molecule has 1 fully saturated rings. The highest BCUT2D eigenvalue weighted by Gasteiger charge is 2.35. The van der Waals surface area contributed by atoms with Crippen molar-refractivity contribution in [3.05, 3.63) is 96.1 Å². The number of likely N-dealkylation sites (tertiary alicyclic amines) is 1. The second kappa shape index (κ2) is 8.06. The van der Waals surface area contributed by atoms with Gasteiger partial charge in [-0.05, 0) is 23.3 Å². The molecule has 1 aliphatic heterocycles. The van der Waals surface area contributed by atoms with Crippen molar-refractivity contribution >= 4 is 12.1 Å². The number of rotatable bonds is 7. The second-order valence-corrected chi connectivity index (χ2v) is 6.68. The normalized spacial score (nSPS) is 14.6. The maximum Gasteiger partial charge on any atom is 0.211 e. The summed E-state index contributed by atoms with van der Waals surface area (Å²) in [6, 6.07) is 28.9. The van der Waals surface area contributed by atoms with Crippen LogP contribution in [0.2, 0.25) is 0 Å². The van der Waals surface area contributed by atoms with Gasteiger partial charge in [-0.1, -0.05) is 72.8 Å². The first-order valence-corrected chi connectivity index (χ1v) is 9.15. The van der Waals surface area contributed by atoms with E-state index in [9.17, 15) is 4.79 Å². The molecular weight excluding hydrogens is 336 g/mol. The van der Waals surface area contributed by atoms with Crippen LogP contribution in [0.5, 0.6) is 5.75 Å². The van der Waals surface area contributed by atoms with Crippen LogP contribution in [-0.2, 0) is 4.79 Å². The van der Waals surface area contributed by atoms with E-state index >= 15 is 0 Å². The van der Waals surface area contributed by atoms with Crippen molar-refractivity contribution in [2.24, 2.45) is 0 Å². The third kappa shape index (κ3) is 3.86. The number of benzene rings is 3. The van der Waals surface area contributed by atoms with Gasteiger partial charge in [0.1, 0.15) is 11.9 Å². The fraction of sp³-hybridized carbons (Fsp3) is 0.174. The van der Waals surface area contributed by atoms with Crippen molar-refractivity contribution in [2.45, 2.75) is 12.1 Å². The first-order valence-electron chi connectivity index (χ1n) is 9.15. The van der Waals surface area contributed by atoms with Crippen molar-refractivity contribution in [1.29, 1.82) is 0 Å². The molecule has 0 radical (unpaired) electrons. The number of carbonyl (C=O) groups excluding carboxylic acids is 1. The summed E-state index contributed by atoms with van der Waals surface area (Å²) in [5.74, 6) is 0.713. The van der Waals surface area contributed by atoms with E-state index in [-0.39, 0.29) is 12.1 Å². The smallest absolute Gasteiger partial charge is 0.211 e. The molecule has 1 aliphatic rings. The minimum Gasteiger partial charge on any atom is -0.486 e. The van der Waals surface area contributed by atoms with Crippen LogP contribution >= 0.6 is 0 Å². The lowest BCUT2D eigenvalue weighted by Gasteiger charge is -2.44. The van der Waals surface area contributed by atoms with Gasteiger partial charge in [-0.2, -0.15) is 0 Å². The molecule has 4 nitrogen and oxygen atoms in total. The number of hydrogen-bond donors (Lipinski definition) is 1. The Hall–Kier alpha value is -3.11. The molecule has 0 saturated carbocycles. The molecule has 0 aliphatic carbocycles. The van der Waals surface area contributed by atoms with Gasteiger partial charge in [0.05, 0.1) is 11.7 Å². The standard InChI is InChI=1S/C23H22N2O2/c26-17-24-21-13-7-8-14-22(21)27-20-15-25(16-20)23(18-9-3-1-4-10-18)19-11-5-2-6-12-19/h1-14,17,20,23H,15-16H2,(H,24,26). The summed E-state index contributed by atoms with van der Waals surface area (Å²) in [5.41, 5.74) is 3.27. The van der Waals surface area contributed by atoms with E-state index < -0.39 is 0 Å². The molecule has 0 spiro atoms. The summed E-state index contributed by atoms with van der Waals surface area (Å²) in [6.07, 6.45) is 0.783. The molecule has 1 heterocycles. The van der Waals surface area contributed by atoms with Gasteiger partial charge in [-0.15, -0.1) is 0 Å². The van der Waals surface area contributed by atoms with E-state index in [2.05, 4.69) is 58.7 Å². The van der Waals surface area contributed by atoms with E-state index in [1.165, 1.54) is 11.1 Å². The van der Waals surface area contributed by atoms with Gasteiger partial charge >= 0.3 is 0 Å². The van der Waals surface area contributed by atoms with Crippen molar-refractivity contribution in [1.82, 2.24) is 4.90 Å². The first kappa shape index (κ1) is 17.3. The highest BCUT2D eigenvalue weighted by molar-refractivity contribution is 5.75. The van der Waals surface area contributed by atoms with Crippen LogP contribution in [0.4, 0.5) is 5.69 Å². The van der Waals surface area contributed by atoms with Gasteiger partial charge in [-0.25, -0.2) is 0 Å². The SMILES string of the molecule is O=CNc1ccccc1OC1CN(C(c2ccccc2)c2ccccc2)C1. The van der Waals surface area contributed by atoms with Gasteiger partial charge in [0.2, 0.25) is 6.41 Å². The predicted molar refractivity (Wildman–Crippen MR) is 107 cm³/mol. The molecule has 3 aromatic carbocycles. The van der Waals surface area contributed by atoms with Gasteiger partial charge in [0.15, 0.2) is 0 Å². The summed E-state index contributed by atoms with van der Waals surface area (Å²) in [6.45, 7) is 1.67. The Labute approximate surface area is 159 Å². The zero-order valence-electron chi connectivity index (χ0n) is 15.0. The highest BCUT2D eigenvalue weighted by Crippen LogP contribution is 2.34. The molecule has 1 saturated heterocycles. The zero-order chi connectivity index (χ0) is 18.5. The third-order valence-corrected chi connectivity index (χ3v) is 4.87. The van der Waals surface area contributed by atoms with Crippen molar-refractivity contribution < 1.29 is 9.53 Å². The Morgan fingerprint density at radius 3 is 2.00 bits per heavy atom. The maximum atomic E-state index is 10.8. The highest BCUT2D eigenvalue weighted by atomic mass is 16.5. The Kier molecular flexibility index (Phi) is 5.17. The summed E-state index contributed by atoms with van der Waals surface area (Å²) in [7, 11) is 0. The molecule has 0 aromatic heterocycles. The van der Waals surface area contributed by atoms with E-state index in [4.69, 9.17) is 4.74 Å². The van der Waals surface area contributed by atoms with Crippen LogP contribution in [0.3, 0.4) is 0 Å². The van der Waals surface area contributed by atoms with Crippen molar-refractivity contribution in [2.75, 3.05) is 18.4 Å². The number of para-hydroxylation sites is 2. The first-order chi connectivity index (χ1) is 13.3. The Bertz CT molecular complexity index is 838. The van der Waals surface area contributed by atoms with Gasteiger partial charge in [0, 0.05) is 13.1 Å². The van der Waals surface area contributed by atoms with Gasteiger partial charge in [0.25, 0.3) is 0 Å². The Balaban J connectivity index is 1.49. The van der Waals surface area contributed by atoms with Crippen LogP contribution in [-0.4, -0.2) is 30.5 Å². The molecule has 1 amide bonds. The van der Waals surface area contributed by atoms with E-state index in [1.54, 1.807) is 0 Å². The molecule has 4 rings (SSSR count). The largest absolute Gasteiger partial charge is 0.486 e. The van der Waals surface area contributed by atoms with Crippen molar-refractivity contribution in [3.63, 3.8) is 0 Å². The molecule has 0 unspecified atom stereocenters. The van der Waals surface area contributed by atoms with Crippen LogP contribution in [0, 0.1) is 0 Å². The Morgan fingerprint density at radius 2 is 1.41 bits per heavy atom. The average Bonchev–Trinajstić information content (AvgIpc) is 2.69.